The molecule has 1 aliphatic carbocycles. The van der Waals surface area contributed by atoms with Gasteiger partial charge in [-0.3, -0.25) is 4.79 Å². The van der Waals surface area contributed by atoms with Crippen molar-refractivity contribution in [3.05, 3.63) is 51.0 Å². The van der Waals surface area contributed by atoms with E-state index in [0.717, 1.165) is 29.0 Å². The Bertz CT molecular complexity index is 669. The van der Waals surface area contributed by atoms with Gasteiger partial charge in [0, 0.05) is 11.9 Å². The fourth-order valence-corrected chi connectivity index (χ4v) is 4.12. The number of carbonyl (C=O) groups excluding carboxylic acids is 1. The van der Waals surface area contributed by atoms with E-state index in [1.807, 2.05) is 31.2 Å². The lowest BCUT2D eigenvalue weighted by atomic mass is 10.0. The standard InChI is InChI=1S/C18H23N3OS/c1-12-7-9-13(10-8-12)17(19)18(22)21(2)11-16-20-14-5-3-4-6-15(14)23-16/h7-10,17H,3-6,11,19H2,1-2H3. The minimum atomic E-state index is -0.616. The van der Waals surface area contributed by atoms with Crippen molar-refractivity contribution in [2.24, 2.45) is 5.73 Å². The van der Waals surface area contributed by atoms with Crippen LogP contribution < -0.4 is 5.73 Å². The van der Waals surface area contributed by atoms with Gasteiger partial charge in [-0.25, -0.2) is 4.98 Å². The van der Waals surface area contributed by atoms with Crippen molar-refractivity contribution >= 4 is 17.2 Å². The Morgan fingerprint density at radius 3 is 2.70 bits per heavy atom. The summed E-state index contributed by atoms with van der Waals surface area (Å²) < 4.78 is 0. The maximum atomic E-state index is 12.6. The second kappa shape index (κ2) is 6.81. The second-order valence-corrected chi connectivity index (χ2v) is 7.44. The lowest BCUT2D eigenvalue weighted by Gasteiger charge is -2.20. The summed E-state index contributed by atoms with van der Waals surface area (Å²) in [6.07, 6.45) is 4.69. The number of carbonyl (C=O) groups is 1. The number of aryl methyl sites for hydroxylation is 3. The number of likely N-dealkylation sites (N-methyl/N-ethyl adjacent to an activating group) is 1. The first kappa shape index (κ1) is 16.1. The molecule has 1 amide bonds. The predicted octanol–water partition coefficient (Wildman–Crippen LogP) is 2.99. The molecule has 1 aliphatic rings. The number of nitrogens with zero attached hydrogens (tertiary/aromatic N) is 2. The number of fused-ring (bicyclic) bond motifs is 1. The molecule has 1 unspecified atom stereocenters. The minimum Gasteiger partial charge on any atom is -0.337 e. The Morgan fingerprint density at radius 1 is 1.30 bits per heavy atom. The third kappa shape index (κ3) is 3.62. The van der Waals surface area contributed by atoms with E-state index in [4.69, 9.17) is 10.7 Å². The highest BCUT2D eigenvalue weighted by Crippen LogP contribution is 2.27. The van der Waals surface area contributed by atoms with Gasteiger partial charge in [0.15, 0.2) is 0 Å². The minimum absolute atomic E-state index is 0.0676. The molecule has 0 saturated heterocycles. The summed E-state index contributed by atoms with van der Waals surface area (Å²) in [4.78, 5) is 20.3. The van der Waals surface area contributed by atoms with Crippen LogP contribution in [0.15, 0.2) is 24.3 Å². The van der Waals surface area contributed by atoms with E-state index in [9.17, 15) is 4.79 Å². The van der Waals surface area contributed by atoms with Gasteiger partial charge in [-0.15, -0.1) is 11.3 Å². The maximum Gasteiger partial charge on any atom is 0.244 e. The Morgan fingerprint density at radius 2 is 2.00 bits per heavy atom. The first-order valence-corrected chi connectivity index (χ1v) is 8.91. The maximum absolute atomic E-state index is 12.6. The Labute approximate surface area is 141 Å². The SMILES string of the molecule is Cc1ccc(C(N)C(=O)N(C)Cc2nc3c(s2)CCCC3)cc1. The molecular weight excluding hydrogens is 306 g/mol. The van der Waals surface area contributed by atoms with Crippen LogP contribution in [0.1, 0.15) is 45.6 Å². The quantitative estimate of drug-likeness (QED) is 0.938. The number of aromatic nitrogens is 1. The fraction of sp³-hybridized carbons (Fsp3) is 0.444. The largest absolute Gasteiger partial charge is 0.337 e. The molecule has 0 bridgehead atoms. The molecule has 122 valence electrons. The molecule has 0 aliphatic heterocycles. The number of hydrogen-bond donors (Lipinski definition) is 1. The van der Waals surface area contributed by atoms with Crippen molar-refractivity contribution in [3.8, 4) is 0 Å². The van der Waals surface area contributed by atoms with Gasteiger partial charge in [-0.1, -0.05) is 29.8 Å². The number of amides is 1. The summed E-state index contributed by atoms with van der Waals surface area (Å²) >= 11 is 1.74. The molecule has 23 heavy (non-hydrogen) atoms. The molecule has 4 nitrogen and oxygen atoms in total. The van der Waals surface area contributed by atoms with Crippen LogP contribution in [0, 0.1) is 6.92 Å². The van der Waals surface area contributed by atoms with Crippen LogP contribution in [0.25, 0.3) is 0 Å². The predicted molar refractivity (Wildman–Crippen MR) is 93.3 cm³/mol. The van der Waals surface area contributed by atoms with Crippen molar-refractivity contribution < 1.29 is 4.79 Å². The normalized spacial score (nSPS) is 15.1. The number of thiazole rings is 1. The molecule has 1 atom stereocenters. The highest BCUT2D eigenvalue weighted by atomic mass is 32.1. The van der Waals surface area contributed by atoms with Crippen LogP contribution in [0.5, 0.6) is 0 Å². The lowest BCUT2D eigenvalue weighted by molar-refractivity contribution is -0.131. The summed E-state index contributed by atoms with van der Waals surface area (Å²) in [5.74, 6) is -0.0676. The molecule has 3 rings (SSSR count). The number of rotatable bonds is 4. The topological polar surface area (TPSA) is 59.2 Å². The van der Waals surface area contributed by atoms with Crippen LogP contribution in [0.4, 0.5) is 0 Å². The van der Waals surface area contributed by atoms with E-state index in [0.29, 0.717) is 6.54 Å². The Hall–Kier alpha value is -1.72. The fourth-order valence-electron chi connectivity index (χ4n) is 2.91. The summed E-state index contributed by atoms with van der Waals surface area (Å²) in [5, 5.41) is 1.02. The Kier molecular flexibility index (Phi) is 4.78. The summed E-state index contributed by atoms with van der Waals surface area (Å²) in [6.45, 7) is 2.56. The van der Waals surface area contributed by atoms with Crippen molar-refractivity contribution in [1.29, 1.82) is 0 Å². The van der Waals surface area contributed by atoms with Gasteiger partial charge in [0.2, 0.25) is 5.91 Å². The van der Waals surface area contributed by atoms with E-state index in [2.05, 4.69) is 0 Å². The van der Waals surface area contributed by atoms with Crippen molar-refractivity contribution in [2.75, 3.05) is 7.05 Å². The molecule has 0 radical (unpaired) electrons. The van der Waals surface area contributed by atoms with Gasteiger partial charge in [-0.05, 0) is 38.2 Å². The third-order valence-electron chi connectivity index (χ3n) is 4.34. The van der Waals surface area contributed by atoms with Gasteiger partial charge in [-0.2, -0.15) is 0 Å². The molecule has 1 heterocycles. The average molecular weight is 329 g/mol. The zero-order valence-electron chi connectivity index (χ0n) is 13.7. The highest BCUT2D eigenvalue weighted by Gasteiger charge is 2.22. The van der Waals surface area contributed by atoms with Gasteiger partial charge in [0.05, 0.1) is 12.2 Å². The summed E-state index contributed by atoms with van der Waals surface area (Å²) in [7, 11) is 1.80. The Balaban J connectivity index is 1.67. The molecule has 1 aromatic heterocycles. The van der Waals surface area contributed by atoms with Gasteiger partial charge in [0.1, 0.15) is 11.0 Å². The summed E-state index contributed by atoms with van der Waals surface area (Å²) in [5.41, 5.74) is 9.38. The molecule has 2 N–H and O–H groups in total. The zero-order valence-corrected chi connectivity index (χ0v) is 14.5. The monoisotopic (exact) mass is 329 g/mol. The third-order valence-corrected chi connectivity index (χ3v) is 5.48. The van der Waals surface area contributed by atoms with Gasteiger partial charge < -0.3 is 10.6 Å². The van der Waals surface area contributed by atoms with E-state index in [-0.39, 0.29) is 5.91 Å². The van der Waals surface area contributed by atoms with E-state index in [1.54, 1.807) is 23.3 Å². The molecule has 5 heteroatoms. The van der Waals surface area contributed by atoms with Gasteiger partial charge in [0.25, 0.3) is 0 Å². The first-order chi connectivity index (χ1) is 11.0. The molecular formula is C18H23N3OS. The van der Waals surface area contributed by atoms with Crippen molar-refractivity contribution in [3.63, 3.8) is 0 Å². The number of benzene rings is 1. The van der Waals surface area contributed by atoms with E-state index < -0.39 is 6.04 Å². The summed E-state index contributed by atoms with van der Waals surface area (Å²) in [6, 6.07) is 7.20. The molecule has 1 aromatic carbocycles. The van der Waals surface area contributed by atoms with Crippen LogP contribution in [0.2, 0.25) is 0 Å². The molecule has 0 fully saturated rings. The lowest BCUT2D eigenvalue weighted by Crippen LogP contribution is -2.35. The van der Waals surface area contributed by atoms with Crippen molar-refractivity contribution in [2.45, 2.75) is 45.2 Å². The van der Waals surface area contributed by atoms with Crippen LogP contribution in [0.3, 0.4) is 0 Å². The van der Waals surface area contributed by atoms with E-state index >= 15 is 0 Å². The second-order valence-electron chi connectivity index (χ2n) is 6.27. The number of hydrogen-bond acceptors (Lipinski definition) is 4. The molecule has 0 spiro atoms. The number of nitrogens with two attached hydrogens (primary N) is 1. The van der Waals surface area contributed by atoms with Crippen LogP contribution in [-0.2, 0) is 24.2 Å². The van der Waals surface area contributed by atoms with Crippen LogP contribution in [-0.4, -0.2) is 22.8 Å². The average Bonchev–Trinajstić information content (AvgIpc) is 2.96. The molecule has 2 aromatic rings. The van der Waals surface area contributed by atoms with Crippen LogP contribution >= 0.6 is 11.3 Å². The van der Waals surface area contributed by atoms with Gasteiger partial charge >= 0.3 is 0 Å². The smallest absolute Gasteiger partial charge is 0.244 e. The molecule has 0 saturated carbocycles. The van der Waals surface area contributed by atoms with Crippen molar-refractivity contribution in [1.82, 2.24) is 9.88 Å². The zero-order chi connectivity index (χ0) is 16.4. The highest BCUT2D eigenvalue weighted by molar-refractivity contribution is 7.11. The first-order valence-electron chi connectivity index (χ1n) is 8.09. The van der Waals surface area contributed by atoms with E-state index in [1.165, 1.54) is 23.4 Å².